The quantitative estimate of drug-likeness (QED) is 0.841. The van der Waals surface area contributed by atoms with Gasteiger partial charge in [0.25, 0.3) is 0 Å². The molecule has 1 aliphatic rings. The van der Waals surface area contributed by atoms with Crippen molar-refractivity contribution in [3.05, 3.63) is 18.0 Å². The third kappa shape index (κ3) is 4.45. The number of aromatic nitrogens is 2. The minimum Gasteiger partial charge on any atom is -0.362 e. The van der Waals surface area contributed by atoms with Crippen LogP contribution in [0.4, 0.5) is 0 Å². The van der Waals surface area contributed by atoms with Gasteiger partial charge in [0.05, 0.1) is 6.20 Å². The molecule has 1 aromatic rings. The molecule has 0 bridgehead atoms. The van der Waals surface area contributed by atoms with Gasteiger partial charge in [0, 0.05) is 58.1 Å². The summed E-state index contributed by atoms with van der Waals surface area (Å²) in [6, 6.07) is 0. The predicted octanol–water partition coefficient (Wildman–Crippen LogP) is 1.07. The number of hydrogen-bond acceptors (Lipinski definition) is 3. The van der Waals surface area contributed by atoms with Crippen molar-refractivity contribution in [1.82, 2.24) is 24.9 Å². The van der Waals surface area contributed by atoms with Crippen molar-refractivity contribution in [3.63, 3.8) is 0 Å². The van der Waals surface area contributed by atoms with Crippen LogP contribution in [0.1, 0.15) is 19.4 Å². The fraction of sp³-hybridized carbons (Fsp3) is 0.714. The number of aryl methyl sites for hydroxylation is 1. The summed E-state index contributed by atoms with van der Waals surface area (Å²) in [5.74, 6) is 0.625. The predicted molar refractivity (Wildman–Crippen MR) is 85.5 cm³/mol. The summed E-state index contributed by atoms with van der Waals surface area (Å²) in [7, 11) is 1.96. The van der Waals surface area contributed by atoms with E-state index in [-0.39, 0.29) is 0 Å². The maximum Gasteiger partial charge on any atom is 0.169 e. The fourth-order valence-electron chi connectivity index (χ4n) is 2.32. The molecule has 2 rings (SSSR count). The average molecular weight is 295 g/mol. The first-order chi connectivity index (χ1) is 9.54. The highest BCUT2D eigenvalue weighted by atomic mass is 32.1. The van der Waals surface area contributed by atoms with E-state index in [4.69, 9.17) is 12.2 Å². The second kappa shape index (κ2) is 7.04. The number of nitrogens with one attached hydrogen (secondary N) is 1. The minimum absolute atomic E-state index is 0.625. The smallest absolute Gasteiger partial charge is 0.169 e. The highest BCUT2D eigenvalue weighted by molar-refractivity contribution is 7.80. The Balaban J connectivity index is 1.73. The van der Waals surface area contributed by atoms with E-state index in [1.807, 2.05) is 17.9 Å². The van der Waals surface area contributed by atoms with Crippen molar-refractivity contribution >= 4 is 17.3 Å². The molecular weight excluding hydrogens is 270 g/mol. The van der Waals surface area contributed by atoms with E-state index in [2.05, 4.69) is 40.3 Å². The van der Waals surface area contributed by atoms with Gasteiger partial charge in [-0.3, -0.25) is 9.58 Å². The molecule has 2 heterocycles. The summed E-state index contributed by atoms with van der Waals surface area (Å²) in [6.45, 7) is 10.4. The van der Waals surface area contributed by atoms with Gasteiger partial charge < -0.3 is 10.2 Å². The van der Waals surface area contributed by atoms with Gasteiger partial charge in [-0.2, -0.15) is 5.10 Å². The van der Waals surface area contributed by atoms with E-state index < -0.39 is 0 Å². The topological polar surface area (TPSA) is 36.3 Å². The highest BCUT2D eigenvalue weighted by Crippen LogP contribution is 2.08. The van der Waals surface area contributed by atoms with E-state index >= 15 is 0 Å². The fourth-order valence-corrected chi connectivity index (χ4v) is 2.59. The third-order valence-electron chi connectivity index (χ3n) is 3.49. The van der Waals surface area contributed by atoms with Gasteiger partial charge >= 0.3 is 0 Å². The molecule has 0 aliphatic carbocycles. The molecule has 0 atom stereocenters. The molecule has 0 amide bonds. The van der Waals surface area contributed by atoms with Gasteiger partial charge in [0.1, 0.15) is 0 Å². The summed E-state index contributed by atoms with van der Waals surface area (Å²) >= 11 is 5.45. The SMILES string of the molecule is CC(C)CNC(=S)N1CCN(Cc2cnn(C)c2)CC1. The molecule has 1 aliphatic heterocycles. The molecule has 6 heteroatoms. The molecule has 0 unspecified atom stereocenters. The maximum absolute atomic E-state index is 5.45. The molecule has 1 N–H and O–H groups in total. The van der Waals surface area contributed by atoms with Crippen LogP contribution in [0, 0.1) is 5.92 Å². The lowest BCUT2D eigenvalue weighted by Crippen LogP contribution is -2.51. The van der Waals surface area contributed by atoms with Crippen LogP contribution >= 0.6 is 12.2 Å². The Kier molecular flexibility index (Phi) is 5.37. The maximum atomic E-state index is 5.45. The first kappa shape index (κ1) is 15.3. The van der Waals surface area contributed by atoms with Crippen LogP contribution in [0.3, 0.4) is 0 Å². The Bertz CT molecular complexity index is 435. The zero-order chi connectivity index (χ0) is 14.5. The van der Waals surface area contributed by atoms with Crippen LogP contribution in [0.5, 0.6) is 0 Å². The van der Waals surface area contributed by atoms with Crippen LogP contribution < -0.4 is 5.32 Å². The molecule has 20 heavy (non-hydrogen) atoms. The van der Waals surface area contributed by atoms with Gasteiger partial charge in [-0.15, -0.1) is 0 Å². The van der Waals surface area contributed by atoms with Crippen molar-refractivity contribution in [2.24, 2.45) is 13.0 Å². The van der Waals surface area contributed by atoms with Crippen LogP contribution in [0.2, 0.25) is 0 Å². The van der Waals surface area contributed by atoms with E-state index in [0.29, 0.717) is 5.92 Å². The second-order valence-corrected chi connectivity index (χ2v) is 6.25. The second-order valence-electron chi connectivity index (χ2n) is 5.87. The summed E-state index contributed by atoms with van der Waals surface area (Å²) in [6.07, 6.45) is 4.03. The zero-order valence-electron chi connectivity index (χ0n) is 12.7. The van der Waals surface area contributed by atoms with Crippen LogP contribution in [0.15, 0.2) is 12.4 Å². The van der Waals surface area contributed by atoms with Crippen LogP contribution in [-0.4, -0.2) is 57.4 Å². The minimum atomic E-state index is 0.625. The average Bonchev–Trinajstić information content (AvgIpc) is 2.82. The first-order valence-corrected chi connectivity index (χ1v) is 7.68. The summed E-state index contributed by atoms with van der Waals surface area (Å²) in [5.41, 5.74) is 1.28. The Hall–Kier alpha value is -1.14. The van der Waals surface area contributed by atoms with Gasteiger partial charge in [0.15, 0.2) is 5.11 Å². The van der Waals surface area contributed by atoms with Gasteiger partial charge in [-0.1, -0.05) is 13.8 Å². The van der Waals surface area contributed by atoms with E-state index in [1.165, 1.54) is 5.56 Å². The molecule has 0 saturated carbocycles. The lowest BCUT2D eigenvalue weighted by Gasteiger charge is -2.36. The number of hydrogen-bond donors (Lipinski definition) is 1. The molecule has 1 saturated heterocycles. The van der Waals surface area contributed by atoms with E-state index in [1.54, 1.807) is 0 Å². The van der Waals surface area contributed by atoms with Crippen molar-refractivity contribution in [1.29, 1.82) is 0 Å². The molecule has 1 aromatic heterocycles. The lowest BCUT2D eigenvalue weighted by molar-refractivity contribution is 0.174. The summed E-state index contributed by atoms with van der Waals surface area (Å²) in [4.78, 5) is 4.73. The van der Waals surface area contributed by atoms with E-state index in [0.717, 1.165) is 44.4 Å². The number of rotatable bonds is 4. The Morgan fingerprint density at radius 1 is 1.35 bits per heavy atom. The number of thiocarbonyl (C=S) groups is 1. The Morgan fingerprint density at radius 3 is 2.60 bits per heavy atom. The molecule has 112 valence electrons. The van der Waals surface area contributed by atoms with Gasteiger partial charge in [-0.05, 0) is 18.1 Å². The third-order valence-corrected chi connectivity index (χ3v) is 3.89. The van der Waals surface area contributed by atoms with E-state index in [9.17, 15) is 0 Å². The zero-order valence-corrected chi connectivity index (χ0v) is 13.5. The molecule has 0 radical (unpaired) electrons. The van der Waals surface area contributed by atoms with Gasteiger partial charge in [0.2, 0.25) is 0 Å². The van der Waals surface area contributed by atoms with Crippen molar-refractivity contribution in [2.75, 3.05) is 32.7 Å². The van der Waals surface area contributed by atoms with Crippen molar-refractivity contribution in [2.45, 2.75) is 20.4 Å². The highest BCUT2D eigenvalue weighted by Gasteiger charge is 2.19. The van der Waals surface area contributed by atoms with Crippen molar-refractivity contribution < 1.29 is 0 Å². The molecule has 0 aromatic carbocycles. The van der Waals surface area contributed by atoms with Crippen LogP contribution in [0.25, 0.3) is 0 Å². The molecule has 5 nitrogen and oxygen atoms in total. The van der Waals surface area contributed by atoms with Gasteiger partial charge in [-0.25, -0.2) is 0 Å². The standard InChI is InChI=1S/C14H25N5S/c1-12(2)8-15-14(20)19-6-4-18(5-7-19)11-13-9-16-17(3)10-13/h9-10,12H,4-8,11H2,1-3H3,(H,15,20). The first-order valence-electron chi connectivity index (χ1n) is 7.27. The van der Waals surface area contributed by atoms with Crippen molar-refractivity contribution in [3.8, 4) is 0 Å². The summed E-state index contributed by atoms with van der Waals surface area (Å²) in [5, 5.41) is 8.46. The monoisotopic (exact) mass is 295 g/mol. The molecular formula is C14H25N5S. The van der Waals surface area contributed by atoms with Crippen LogP contribution in [-0.2, 0) is 13.6 Å². The Morgan fingerprint density at radius 2 is 2.05 bits per heavy atom. The molecule has 1 fully saturated rings. The summed E-state index contributed by atoms with van der Waals surface area (Å²) < 4.78 is 1.86. The molecule has 0 spiro atoms. The number of piperazine rings is 1. The lowest BCUT2D eigenvalue weighted by atomic mass is 10.2. The normalized spacial score (nSPS) is 16.7. The Labute approximate surface area is 126 Å². The largest absolute Gasteiger partial charge is 0.362 e. The number of nitrogens with zero attached hydrogens (tertiary/aromatic N) is 4.